The normalized spacial score (nSPS) is 23.0. The molecule has 4 nitrogen and oxygen atoms in total. The smallest absolute Gasteiger partial charge is 0.321 e. The quantitative estimate of drug-likeness (QED) is 0.837. The van der Waals surface area contributed by atoms with Crippen molar-refractivity contribution >= 4 is 11.7 Å². The lowest BCUT2D eigenvalue weighted by Gasteiger charge is -2.36. The van der Waals surface area contributed by atoms with Crippen LogP contribution in [0.25, 0.3) is 0 Å². The molecular weight excluding hydrogens is 283 g/mol. The standard InChI is InChI=1S/C14H18F3N3O/c1-9-7-20(8-10(2)18-9)13(21)19-12-6-4-3-5-11(12)14(15,16)17/h3-6,9-10,18H,7-8H2,1-2H3,(H,19,21). The average molecular weight is 301 g/mol. The molecule has 21 heavy (non-hydrogen) atoms. The number of carbonyl (C=O) groups excluding carboxylic acids is 1. The van der Waals surface area contributed by atoms with Crippen molar-refractivity contribution in [2.24, 2.45) is 0 Å². The maximum absolute atomic E-state index is 12.9. The molecular formula is C14H18F3N3O. The predicted octanol–water partition coefficient (Wildman–Crippen LogP) is 2.92. The summed E-state index contributed by atoms with van der Waals surface area (Å²) in [7, 11) is 0. The van der Waals surface area contributed by atoms with E-state index in [0.29, 0.717) is 13.1 Å². The van der Waals surface area contributed by atoms with Gasteiger partial charge in [0.1, 0.15) is 0 Å². The predicted molar refractivity (Wildman–Crippen MR) is 74.1 cm³/mol. The number of nitrogens with one attached hydrogen (secondary N) is 2. The van der Waals surface area contributed by atoms with Gasteiger partial charge < -0.3 is 15.5 Å². The number of anilines is 1. The Kier molecular flexibility index (Phi) is 4.41. The molecule has 116 valence electrons. The molecule has 1 saturated heterocycles. The zero-order valence-electron chi connectivity index (χ0n) is 11.9. The third-order valence-electron chi connectivity index (χ3n) is 3.32. The monoisotopic (exact) mass is 301 g/mol. The Morgan fingerprint density at radius 2 is 1.81 bits per heavy atom. The molecule has 1 aromatic rings. The molecule has 0 bridgehead atoms. The zero-order valence-corrected chi connectivity index (χ0v) is 11.9. The van der Waals surface area contributed by atoms with Crippen molar-refractivity contribution in [2.75, 3.05) is 18.4 Å². The second-order valence-corrected chi connectivity index (χ2v) is 5.35. The molecule has 2 unspecified atom stereocenters. The number of hydrogen-bond acceptors (Lipinski definition) is 2. The SMILES string of the molecule is CC1CN(C(=O)Nc2ccccc2C(F)(F)F)CC(C)N1. The van der Waals surface area contributed by atoms with Crippen LogP contribution in [0.1, 0.15) is 19.4 Å². The van der Waals surface area contributed by atoms with Gasteiger partial charge >= 0.3 is 12.2 Å². The van der Waals surface area contributed by atoms with E-state index in [1.165, 1.54) is 23.1 Å². The summed E-state index contributed by atoms with van der Waals surface area (Å²) < 4.78 is 38.7. The Bertz CT molecular complexity index is 508. The van der Waals surface area contributed by atoms with Gasteiger partial charge in [-0.1, -0.05) is 12.1 Å². The van der Waals surface area contributed by atoms with E-state index >= 15 is 0 Å². The molecule has 0 aromatic heterocycles. The van der Waals surface area contributed by atoms with Crippen molar-refractivity contribution in [3.8, 4) is 0 Å². The summed E-state index contributed by atoms with van der Waals surface area (Å²) in [5.74, 6) is 0. The molecule has 1 aromatic carbocycles. The summed E-state index contributed by atoms with van der Waals surface area (Å²) in [5.41, 5.74) is -1.05. The number of nitrogens with zero attached hydrogens (tertiary/aromatic N) is 1. The Balaban J connectivity index is 2.13. The van der Waals surface area contributed by atoms with Gasteiger partial charge in [0.15, 0.2) is 0 Å². The van der Waals surface area contributed by atoms with Crippen LogP contribution in [0.15, 0.2) is 24.3 Å². The van der Waals surface area contributed by atoms with Crippen molar-refractivity contribution < 1.29 is 18.0 Å². The Hall–Kier alpha value is -1.76. The van der Waals surface area contributed by atoms with E-state index < -0.39 is 17.8 Å². The topological polar surface area (TPSA) is 44.4 Å². The zero-order chi connectivity index (χ0) is 15.6. The summed E-state index contributed by atoms with van der Waals surface area (Å²) in [5, 5.41) is 5.63. The van der Waals surface area contributed by atoms with Gasteiger partial charge in [-0.05, 0) is 26.0 Å². The highest BCUT2D eigenvalue weighted by Gasteiger charge is 2.34. The number of para-hydroxylation sites is 1. The first kappa shape index (κ1) is 15.6. The Morgan fingerprint density at radius 3 is 2.38 bits per heavy atom. The van der Waals surface area contributed by atoms with Gasteiger partial charge in [-0.3, -0.25) is 0 Å². The highest BCUT2D eigenvalue weighted by atomic mass is 19.4. The first-order chi connectivity index (χ1) is 9.77. The van der Waals surface area contributed by atoms with Gasteiger partial charge in [-0.25, -0.2) is 4.79 Å². The maximum Gasteiger partial charge on any atom is 0.418 e. The number of urea groups is 1. The van der Waals surface area contributed by atoms with Gasteiger partial charge in [0.2, 0.25) is 0 Å². The second-order valence-electron chi connectivity index (χ2n) is 5.35. The molecule has 0 saturated carbocycles. The number of carbonyl (C=O) groups is 1. The van der Waals surface area contributed by atoms with Crippen molar-refractivity contribution in [3.63, 3.8) is 0 Å². The molecule has 0 radical (unpaired) electrons. The molecule has 1 heterocycles. The van der Waals surface area contributed by atoms with Crippen LogP contribution in [0, 0.1) is 0 Å². The average Bonchev–Trinajstić information content (AvgIpc) is 2.37. The van der Waals surface area contributed by atoms with Gasteiger partial charge in [0.05, 0.1) is 11.3 Å². The Morgan fingerprint density at radius 1 is 1.24 bits per heavy atom. The molecule has 2 N–H and O–H groups in total. The fourth-order valence-corrected chi connectivity index (χ4v) is 2.53. The van der Waals surface area contributed by atoms with Crippen molar-refractivity contribution in [1.82, 2.24) is 10.2 Å². The lowest BCUT2D eigenvalue weighted by molar-refractivity contribution is -0.136. The highest BCUT2D eigenvalue weighted by molar-refractivity contribution is 5.90. The van der Waals surface area contributed by atoms with Crippen LogP contribution < -0.4 is 10.6 Å². The van der Waals surface area contributed by atoms with E-state index in [4.69, 9.17) is 0 Å². The van der Waals surface area contributed by atoms with Gasteiger partial charge in [-0.15, -0.1) is 0 Å². The Labute approximate surface area is 121 Å². The van der Waals surface area contributed by atoms with Crippen LogP contribution in [-0.2, 0) is 6.18 Å². The fourth-order valence-electron chi connectivity index (χ4n) is 2.53. The van der Waals surface area contributed by atoms with Crippen LogP contribution in [0.3, 0.4) is 0 Å². The lowest BCUT2D eigenvalue weighted by Crippen LogP contribution is -2.56. The van der Waals surface area contributed by atoms with E-state index in [-0.39, 0.29) is 17.8 Å². The minimum Gasteiger partial charge on any atom is -0.321 e. The van der Waals surface area contributed by atoms with Crippen LogP contribution in [0.2, 0.25) is 0 Å². The van der Waals surface area contributed by atoms with Crippen molar-refractivity contribution in [1.29, 1.82) is 0 Å². The third kappa shape index (κ3) is 3.87. The first-order valence-electron chi connectivity index (χ1n) is 6.75. The number of rotatable bonds is 1. The summed E-state index contributed by atoms with van der Waals surface area (Å²) in [6, 6.07) is 4.69. The second kappa shape index (κ2) is 5.93. The molecule has 1 aliphatic rings. The largest absolute Gasteiger partial charge is 0.418 e. The van der Waals surface area contributed by atoms with Gasteiger partial charge in [0, 0.05) is 25.2 Å². The molecule has 2 rings (SSSR count). The molecule has 7 heteroatoms. The van der Waals surface area contributed by atoms with E-state index in [2.05, 4.69) is 10.6 Å². The fraction of sp³-hybridized carbons (Fsp3) is 0.500. The summed E-state index contributed by atoms with van der Waals surface area (Å²) >= 11 is 0. The molecule has 2 amide bonds. The number of amides is 2. The molecule has 0 aliphatic carbocycles. The summed E-state index contributed by atoms with van der Waals surface area (Å²) in [4.78, 5) is 13.7. The van der Waals surface area contributed by atoms with Crippen molar-refractivity contribution in [3.05, 3.63) is 29.8 Å². The van der Waals surface area contributed by atoms with Crippen molar-refractivity contribution in [2.45, 2.75) is 32.1 Å². The molecule has 0 spiro atoms. The van der Waals surface area contributed by atoms with Crippen LogP contribution in [0.5, 0.6) is 0 Å². The van der Waals surface area contributed by atoms with E-state index in [1.54, 1.807) is 0 Å². The van der Waals surface area contributed by atoms with Crippen LogP contribution >= 0.6 is 0 Å². The summed E-state index contributed by atoms with van der Waals surface area (Å²) in [6.07, 6.45) is -4.49. The number of halogens is 3. The minimum absolute atomic E-state index is 0.109. The number of alkyl halides is 3. The van der Waals surface area contributed by atoms with E-state index in [0.717, 1.165) is 6.07 Å². The number of hydrogen-bond donors (Lipinski definition) is 2. The lowest BCUT2D eigenvalue weighted by atomic mass is 10.1. The molecule has 1 fully saturated rings. The van der Waals surface area contributed by atoms with Gasteiger partial charge in [-0.2, -0.15) is 13.2 Å². The first-order valence-corrected chi connectivity index (χ1v) is 6.75. The molecule has 1 aliphatic heterocycles. The minimum atomic E-state index is -4.49. The van der Waals surface area contributed by atoms with Crippen LogP contribution in [0.4, 0.5) is 23.7 Å². The summed E-state index contributed by atoms with van der Waals surface area (Å²) in [6.45, 7) is 4.79. The molecule has 2 atom stereocenters. The number of piperazine rings is 1. The maximum atomic E-state index is 12.9. The third-order valence-corrected chi connectivity index (χ3v) is 3.32. The van der Waals surface area contributed by atoms with Gasteiger partial charge in [0.25, 0.3) is 0 Å². The van der Waals surface area contributed by atoms with E-state index in [9.17, 15) is 18.0 Å². The highest BCUT2D eigenvalue weighted by Crippen LogP contribution is 2.34. The van der Waals surface area contributed by atoms with Crippen LogP contribution in [-0.4, -0.2) is 36.1 Å². The van der Waals surface area contributed by atoms with E-state index in [1.807, 2.05) is 13.8 Å². The number of benzene rings is 1.